The van der Waals surface area contributed by atoms with Crippen LogP contribution in [0.1, 0.15) is 18.9 Å². The molecule has 1 fully saturated rings. The van der Waals surface area contributed by atoms with Gasteiger partial charge in [0, 0.05) is 32.2 Å². The number of urea groups is 1. The lowest BCUT2D eigenvalue weighted by molar-refractivity contribution is -0.151. The van der Waals surface area contributed by atoms with E-state index in [2.05, 4.69) is 11.4 Å². The average Bonchev–Trinajstić information content (AvgIpc) is 2.64. The molecule has 1 spiro atoms. The molecule has 2 heterocycles. The Labute approximate surface area is 151 Å². The van der Waals surface area contributed by atoms with Crippen LogP contribution in [0.2, 0.25) is 0 Å². The van der Waals surface area contributed by atoms with Gasteiger partial charge in [0.25, 0.3) is 0 Å². The molecule has 0 bridgehead atoms. The second-order valence-electron chi connectivity index (χ2n) is 7.12. The van der Waals surface area contributed by atoms with E-state index >= 15 is 0 Å². The maximum absolute atomic E-state index is 13.2. The molecule has 1 N–H and O–H groups in total. The minimum Gasteiger partial charge on any atom is -0.373 e. The Morgan fingerprint density at radius 1 is 1.12 bits per heavy atom. The topological polar surface area (TPSA) is 69.7 Å². The van der Waals surface area contributed by atoms with Crippen LogP contribution in [0, 0.1) is 5.41 Å². The highest BCUT2D eigenvalue weighted by atomic mass is 16.2. The zero-order valence-electron chi connectivity index (χ0n) is 14.9. The molecule has 2 aromatic carbocycles. The van der Waals surface area contributed by atoms with Crippen LogP contribution in [0.4, 0.5) is 10.5 Å². The predicted molar refractivity (Wildman–Crippen MR) is 98.9 cm³/mol. The van der Waals surface area contributed by atoms with Crippen molar-refractivity contribution in [2.75, 3.05) is 25.0 Å². The van der Waals surface area contributed by atoms with Crippen LogP contribution < -0.4 is 10.2 Å². The van der Waals surface area contributed by atoms with E-state index in [1.54, 1.807) is 0 Å². The smallest absolute Gasteiger partial charge is 0.330 e. The van der Waals surface area contributed by atoms with Gasteiger partial charge in [0.2, 0.25) is 11.8 Å². The number of fused-ring (bicyclic) bond motifs is 3. The summed E-state index contributed by atoms with van der Waals surface area (Å²) >= 11 is 0. The lowest BCUT2D eigenvalue weighted by atomic mass is 9.73. The average molecular weight is 351 g/mol. The van der Waals surface area contributed by atoms with Gasteiger partial charge in [0.15, 0.2) is 0 Å². The number of rotatable bonds is 2. The predicted octanol–water partition coefficient (Wildman–Crippen LogP) is 2.31. The van der Waals surface area contributed by atoms with Crippen molar-refractivity contribution in [1.29, 1.82) is 0 Å². The van der Waals surface area contributed by atoms with Gasteiger partial charge in [-0.3, -0.25) is 19.8 Å². The Balaban J connectivity index is 1.86. The Bertz CT molecular complexity index is 939. The standard InChI is InChI=1S/C20H21N3O3/c1-3-10-23-18(25)20(17(24)21-19(23)26)11-15-14-7-5-4-6-13(14)8-9-16(15)22(2)12-20/h4-9H,3,10-12H2,1-2H3,(H,21,24,26). The van der Waals surface area contributed by atoms with Gasteiger partial charge in [-0.1, -0.05) is 37.3 Å². The second-order valence-corrected chi connectivity index (χ2v) is 7.12. The van der Waals surface area contributed by atoms with E-state index in [1.165, 1.54) is 4.90 Å². The molecule has 134 valence electrons. The maximum Gasteiger partial charge on any atom is 0.330 e. The van der Waals surface area contributed by atoms with Crippen molar-refractivity contribution in [3.8, 4) is 0 Å². The van der Waals surface area contributed by atoms with Crippen LogP contribution in [0.25, 0.3) is 10.8 Å². The molecule has 4 rings (SSSR count). The summed E-state index contributed by atoms with van der Waals surface area (Å²) in [5.41, 5.74) is 0.731. The molecule has 4 amide bonds. The zero-order chi connectivity index (χ0) is 18.5. The van der Waals surface area contributed by atoms with E-state index in [0.29, 0.717) is 19.4 Å². The molecule has 1 saturated heterocycles. The molecule has 0 saturated carbocycles. The summed E-state index contributed by atoms with van der Waals surface area (Å²) in [5, 5.41) is 4.51. The highest BCUT2D eigenvalue weighted by Crippen LogP contribution is 2.42. The van der Waals surface area contributed by atoms with E-state index in [1.807, 2.05) is 49.2 Å². The van der Waals surface area contributed by atoms with Gasteiger partial charge in [-0.25, -0.2) is 4.79 Å². The van der Waals surface area contributed by atoms with Gasteiger partial charge in [0.05, 0.1) is 0 Å². The van der Waals surface area contributed by atoms with E-state index in [-0.39, 0.29) is 6.54 Å². The molecule has 1 unspecified atom stereocenters. The fourth-order valence-electron chi connectivity index (χ4n) is 4.17. The first-order valence-electron chi connectivity index (χ1n) is 8.87. The fourth-order valence-corrected chi connectivity index (χ4v) is 4.17. The molecular formula is C20H21N3O3. The third-order valence-electron chi connectivity index (χ3n) is 5.41. The van der Waals surface area contributed by atoms with Gasteiger partial charge in [-0.15, -0.1) is 0 Å². The number of benzene rings is 2. The summed E-state index contributed by atoms with van der Waals surface area (Å²) in [7, 11) is 1.88. The van der Waals surface area contributed by atoms with Gasteiger partial charge in [-0.2, -0.15) is 0 Å². The summed E-state index contributed by atoms with van der Waals surface area (Å²) in [5.74, 6) is -0.885. The van der Waals surface area contributed by atoms with E-state index in [0.717, 1.165) is 22.0 Å². The van der Waals surface area contributed by atoms with Crippen LogP contribution >= 0.6 is 0 Å². The normalized spacial score (nSPS) is 22.8. The maximum atomic E-state index is 13.2. The van der Waals surface area contributed by atoms with Crippen LogP contribution in [-0.4, -0.2) is 42.9 Å². The summed E-state index contributed by atoms with van der Waals surface area (Å²) in [6.07, 6.45) is 0.949. The molecule has 1 atom stereocenters. The monoisotopic (exact) mass is 351 g/mol. The Hall–Kier alpha value is -2.89. The lowest BCUT2D eigenvalue weighted by Crippen LogP contribution is -2.68. The molecule has 6 nitrogen and oxygen atoms in total. The van der Waals surface area contributed by atoms with Crippen molar-refractivity contribution >= 4 is 34.3 Å². The second kappa shape index (κ2) is 5.83. The van der Waals surface area contributed by atoms with Crippen molar-refractivity contribution in [2.45, 2.75) is 19.8 Å². The minimum atomic E-state index is -1.27. The van der Waals surface area contributed by atoms with Crippen LogP contribution in [0.15, 0.2) is 36.4 Å². The number of carbonyl (C=O) groups is 3. The van der Waals surface area contributed by atoms with E-state index < -0.39 is 23.3 Å². The zero-order valence-corrected chi connectivity index (χ0v) is 14.9. The minimum absolute atomic E-state index is 0.260. The quantitative estimate of drug-likeness (QED) is 0.843. The van der Waals surface area contributed by atoms with Crippen molar-refractivity contribution in [3.63, 3.8) is 0 Å². The van der Waals surface area contributed by atoms with Crippen LogP contribution in [0.3, 0.4) is 0 Å². The number of hydrogen-bond acceptors (Lipinski definition) is 4. The number of barbiturate groups is 1. The highest BCUT2D eigenvalue weighted by Gasteiger charge is 2.56. The molecule has 0 radical (unpaired) electrons. The van der Waals surface area contributed by atoms with E-state index in [9.17, 15) is 14.4 Å². The lowest BCUT2D eigenvalue weighted by Gasteiger charge is -2.45. The van der Waals surface area contributed by atoms with Crippen molar-refractivity contribution in [1.82, 2.24) is 10.2 Å². The number of imide groups is 2. The number of nitrogens with zero attached hydrogens (tertiary/aromatic N) is 2. The molecular weight excluding hydrogens is 330 g/mol. The Morgan fingerprint density at radius 2 is 1.88 bits per heavy atom. The van der Waals surface area contributed by atoms with Crippen molar-refractivity contribution in [2.24, 2.45) is 5.41 Å². The number of anilines is 1. The van der Waals surface area contributed by atoms with Crippen molar-refractivity contribution in [3.05, 3.63) is 42.0 Å². The first-order chi connectivity index (χ1) is 12.5. The summed E-state index contributed by atoms with van der Waals surface area (Å²) in [6.45, 7) is 2.47. The first-order valence-corrected chi connectivity index (χ1v) is 8.87. The molecule has 2 aromatic rings. The van der Waals surface area contributed by atoms with Gasteiger partial charge in [0.1, 0.15) is 5.41 Å². The largest absolute Gasteiger partial charge is 0.373 e. The molecule has 26 heavy (non-hydrogen) atoms. The summed E-state index contributed by atoms with van der Waals surface area (Å²) < 4.78 is 0. The summed E-state index contributed by atoms with van der Waals surface area (Å²) in [4.78, 5) is 41.3. The van der Waals surface area contributed by atoms with Gasteiger partial charge in [-0.05, 0) is 28.8 Å². The van der Waals surface area contributed by atoms with Crippen LogP contribution in [0.5, 0.6) is 0 Å². The van der Waals surface area contributed by atoms with Crippen LogP contribution in [-0.2, 0) is 16.0 Å². The third-order valence-corrected chi connectivity index (χ3v) is 5.41. The number of nitrogens with one attached hydrogen (secondary N) is 1. The Morgan fingerprint density at radius 3 is 2.65 bits per heavy atom. The highest BCUT2D eigenvalue weighted by molar-refractivity contribution is 6.20. The SMILES string of the molecule is CCCN1C(=O)NC(=O)C2(Cc3c(ccc4ccccc34)N(C)C2)C1=O. The first kappa shape index (κ1) is 16.6. The molecule has 2 aliphatic rings. The summed E-state index contributed by atoms with van der Waals surface area (Å²) in [6, 6.07) is 11.4. The molecule has 2 aliphatic heterocycles. The molecule has 6 heteroatoms. The number of amides is 4. The number of carbonyl (C=O) groups excluding carboxylic acids is 3. The van der Waals surface area contributed by atoms with Gasteiger partial charge < -0.3 is 4.90 Å². The van der Waals surface area contributed by atoms with E-state index in [4.69, 9.17) is 0 Å². The van der Waals surface area contributed by atoms with Crippen molar-refractivity contribution < 1.29 is 14.4 Å². The third kappa shape index (κ3) is 2.21. The number of hydrogen-bond donors (Lipinski definition) is 1. The van der Waals surface area contributed by atoms with Gasteiger partial charge >= 0.3 is 6.03 Å². The Kier molecular flexibility index (Phi) is 3.72. The molecule has 0 aliphatic carbocycles. The molecule has 0 aromatic heterocycles. The fraction of sp³-hybridized carbons (Fsp3) is 0.350.